The monoisotopic (exact) mass is 215 g/mol. The van der Waals surface area contributed by atoms with E-state index in [0.29, 0.717) is 6.54 Å². The molecule has 90 valence electrons. The number of aliphatic hydroxyl groups is 2. The molecule has 0 saturated heterocycles. The summed E-state index contributed by atoms with van der Waals surface area (Å²) in [5.41, 5.74) is -0.633. The van der Waals surface area contributed by atoms with E-state index in [9.17, 15) is 10.2 Å². The molecule has 1 aliphatic carbocycles. The van der Waals surface area contributed by atoms with Gasteiger partial charge in [-0.1, -0.05) is 19.8 Å². The summed E-state index contributed by atoms with van der Waals surface area (Å²) in [6, 6.07) is 0.233. The highest BCUT2D eigenvalue weighted by Crippen LogP contribution is 2.24. The molecule has 3 nitrogen and oxygen atoms in total. The second kappa shape index (κ2) is 5.28. The van der Waals surface area contributed by atoms with Crippen LogP contribution < -0.4 is 0 Å². The molecule has 2 N–H and O–H groups in total. The highest BCUT2D eigenvalue weighted by molar-refractivity contribution is 4.85. The molecular weight excluding hydrogens is 190 g/mol. The molecule has 0 aromatic carbocycles. The Balaban J connectivity index is 2.48. The Morgan fingerprint density at radius 1 is 1.33 bits per heavy atom. The quantitative estimate of drug-likeness (QED) is 0.744. The molecule has 0 radical (unpaired) electrons. The molecule has 0 amide bonds. The fourth-order valence-corrected chi connectivity index (χ4v) is 2.37. The van der Waals surface area contributed by atoms with Crippen molar-refractivity contribution in [1.82, 2.24) is 4.90 Å². The van der Waals surface area contributed by atoms with Crippen molar-refractivity contribution in [2.45, 2.75) is 63.7 Å². The fourth-order valence-electron chi connectivity index (χ4n) is 2.37. The first kappa shape index (κ1) is 12.9. The van der Waals surface area contributed by atoms with Crippen LogP contribution in [0, 0.1) is 0 Å². The van der Waals surface area contributed by atoms with E-state index >= 15 is 0 Å². The highest BCUT2D eigenvalue weighted by Gasteiger charge is 2.30. The van der Waals surface area contributed by atoms with Gasteiger partial charge in [-0.15, -0.1) is 0 Å². The van der Waals surface area contributed by atoms with Crippen molar-refractivity contribution in [3.8, 4) is 0 Å². The van der Waals surface area contributed by atoms with Crippen molar-refractivity contribution in [1.29, 1.82) is 0 Å². The van der Waals surface area contributed by atoms with Crippen molar-refractivity contribution < 1.29 is 10.2 Å². The van der Waals surface area contributed by atoms with Gasteiger partial charge in [0.25, 0.3) is 0 Å². The van der Waals surface area contributed by atoms with Crippen molar-refractivity contribution in [3.63, 3.8) is 0 Å². The van der Waals surface area contributed by atoms with Crippen LogP contribution in [0.4, 0.5) is 0 Å². The predicted molar refractivity (Wildman–Crippen MR) is 61.8 cm³/mol. The minimum Gasteiger partial charge on any atom is -0.391 e. The number of rotatable bonds is 4. The molecule has 3 heteroatoms. The lowest BCUT2D eigenvalue weighted by Crippen LogP contribution is -2.49. The largest absolute Gasteiger partial charge is 0.391 e. The van der Waals surface area contributed by atoms with Crippen molar-refractivity contribution >= 4 is 0 Å². The van der Waals surface area contributed by atoms with Gasteiger partial charge in [0, 0.05) is 12.6 Å². The lowest BCUT2D eigenvalue weighted by molar-refractivity contribution is -0.0254. The molecule has 1 aliphatic rings. The third-order valence-electron chi connectivity index (χ3n) is 3.61. The summed E-state index contributed by atoms with van der Waals surface area (Å²) in [5.74, 6) is 0. The molecule has 15 heavy (non-hydrogen) atoms. The van der Waals surface area contributed by atoms with E-state index in [1.165, 1.54) is 6.42 Å². The number of hydrogen-bond acceptors (Lipinski definition) is 3. The third kappa shape index (κ3) is 3.74. The van der Waals surface area contributed by atoms with Crippen LogP contribution in [0.3, 0.4) is 0 Å². The van der Waals surface area contributed by atoms with E-state index in [1.54, 1.807) is 0 Å². The Hall–Kier alpha value is -0.120. The molecular formula is C12H25NO2. The molecule has 3 atom stereocenters. The van der Waals surface area contributed by atoms with Gasteiger partial charge in [0.2, 0.25) is 0 Å². The first-order chi connectivity index (χ1) is 6.96. The summed E-state index contributed by atoms with van der Waals surface area (Å²) in [5, 5.41) is 19.9. The SMILES string of the molecule is CCC(C)(O)CN(C)C1CCCCC1O. The average molecular weight is 215 g/mol. The zero-order valence-corrected chi connectivity index (χ0v) is 10.2. The van der Waals surface area contributed by atoms with Gasteiger partial charge in [0.15, 0.2) is 0 Å². The van der Waals surface area contributed by atoms with Crippen LogP contribution in [0.5, 0.6) is 0 Å². The topological polar surface area (TPSA) is 43.7 Å². The van der Waals surface area contributed by atoms with Crippen LogP contribution in [0.15, 0.2) is 0 Å². The molecule has 1 saturated carbocycles. The summed E-state index contributed by atoms with van der Waals surface area (Å²) in [6.07, 6.45) is 4.83. The zero-order valence-electron chi connectivity index (χ0n) is 10.2. The van der Waals surface area contributed by atoms with Gasteiger partial charge in [0.1, 0.15) is 0 Å². The Kier molecular flexibility index (Phi) is 4.56. The second-order valence-electron chi connectivity index (χ2n) is 5.18. The van der Waals surface area contributed by atoms with E-state index < -0.39 is 5.60 Å². The molecule has 3 unspecified atom stereocenters. The summed E-state index contributed by atoms with van der Waals surface area (Å²) in [6.45, 7) is 4.50. The lowest BCUT2D eigenvalue weighted by atomic mass is 9.90. The fraction of sp³-hybridized carbons (Fsp3) is 1.00. The third-order valence-corrected chi connectivity index (χ3v) is 3.61. The Morgan fingerprint density at radius 3 is 2.47 bits per heavy atom. The molecule has 0 heterocycles. The van der Waals surface area contributed by atoms with Crippen LogP contribution in [0.25, 0.3) is 0 Å². The van der Waals surface area contributed by atoms with Gasteiger partial charge in [-0.2, -0.15) is 0 Å². The van der Waals surface area contributed by atoms with Crippen molar-refractivity contribution in [2.24, 2.45) is 0 Å². The van der Waals surface area contributed by atoms with Gasteiger partial charge < -0.3 is 10.2 Å². The van der Waals surface area contributed by atoms with Crippen LogP contribution >= 0.6 is 0 Å². The molecule has 0 spiro atoms. The summed E-state index contributed by atoms with van der Waals surface area (Å²) in [7, 11) is 2.00. The number of nitrogens with zero attached hydrogens (tertiary/aromatic N) is 1. The van der Waals surface area contributed by atoms with Crippen LogP contribution in [-0.2, 0) is 0 Å². The van der Waals surface area contributed by atoms with E-state index in [0.717, 1.165) is 25.7 Å². The molecule has 1 rings (SSSR count). The first-order valence-corrected chi connectivity index (χ1v) is 6.07. The predicted octanol–water partition coefficient (Wildman–Crippen LogP) is 1.38. The summed E-state index contributed by atoms with van der Waals surface area (Å²) >= 11 is 0. The maximum atomic E-state index is 9.99. The van der Waals surface area contributed by atoms with Gasteiger partial charge in [-0.3, -0.25) is 4.90 Å². The highest BCUT2D eigenvalue weighted by atomic mass is 16.3. The van der Waals surface area contributed by atoms with Crippen molar-refractivity contribution in [3.05, 3.63) is 0 Å². The Labute approximate surface area is 93.1 Å². The van der Waals surface area contributed by atoms with Gasteiger partial charge in [0.05, 0.1) is 11.7 Å². The maximum absolute atomic E-state index is 9.99. The summed E-state index contributed by atoms with van der Waals surface area (Å²) < 4.78 is 0. The van der Waals surface area contributed by atoms with E-state index in [-0.39, 0.29) is 12.1 Å². The Morgan fingerprint density at radius 2 is 1.93 bits per heavy atom. The van der Waals surface area contributed by atoms with Gasteiger partial charge >= 0.3 is 0 Å². The van der Waals surface area contributed by atoms with Crippen LogP contribution in [0.1, 0.15) is 46.0 Å². The summed E-state index contributed by atoms with van der Waals surface area (Å²) in [4.78, 5) is 2.12. The van der Waals surface area contributed by atoms with Crippen LogP contribution in [0.2, 0.25) is 0 Å². The van der Waals surface area contributed by atoms with Gasteiger partial charge in [-0.05, 0) is 33.2 Å². The minimum atomic E-state index is -0.633. The Bertz CT molecular complexity index is 194. The molecule has 0 aromatic heterocycles. The molecule has 0 aromatic rings. The number of likely N-dealkylation sites (N-methyl/N-ethyl adjacent to an activating group) is 1. The second-order valence-corrected chi connectivity index (χ2v) is 5.18. The smallest absolute Gasteiger partial charge is 0.0743 e. The standard InChI is InChI=1S/C12H25NO2/c1-4-12(2,15)9-13(3)10-7-5-6-8-11(10)14/h10-11,14-15H,4-9H2,1-3H3. The minimum absolute atomic E-state index is 0.212. The lowest BCUT2D eigenvalue weighted by Gasteiger charge is -2.38. The molecule has 0 bridgehead atoms. The van der Waals surface area contributed by atoms with E-state index in [4.69, 9.17) is 0 Å². The zero-order chi connectivity index (χ0) is 11.5. The maximum Gasteiger partial charge on any atom is 0.0743 e. The average Bonchev–Trinajstić information content (AvgIpc) is 2.17. The normalized spacial score (nSPS) is 31.6. The number of hydrogen-bond donors (Lipinski definition) is 2. The van der Waals surface area contributed by atoms with Gasteiger partial charge in [-0.25, -0.2) is 0 Å². The molecule has 1 fully saturated rings. The molecule has 0 aliphatic heterocycles. The number of aliphatic hydroxyl groups excluding tert-OH is 1. The van der Waals surface area contributed by atoms with Crippen LogP contribution in [-0.4, -0.2) is 46.5 Å². The van der Waals surface area contributed by atoms with E-state index in [1.807, 2.05) is 20.9 Å². The van der Waals surface area contributed by atoms with E-state index in [2.05, 4.69) is 4.90 Å². The first-order valence-electron chi connectivity index (χ1n) is 6.07. The van der Waals surface area contributed by atoms with Crippen molar-refractivity contribution in [2.75, 3.05) is 13.6 Å².